The van der Waals surface area contributed by atoms with Crippen LogP contribution in [-0.4, -0.2) is 22.4 Å². The van der Waals surface area contributed by atoms with Crippen LogP contribution < -0.4 is 10.6 Å². The molecule has 3 rings (SSSR count). The van der Waals surface area contributed by atoms with Gasteiger partial charge >= 0.3 is 0 Å². The van der Waals surface area contributed by atoms with Crippen molar-refractivity contribution in [2.24, 2.45) is 0 Å². The molecule has 3 aromatic rings. The molecule has 1 amide bonds. The number of amides is 1. The number of halogens is 1. The Bertz CT molecular complexity index is 974. The SMILES string of the molecule is CCc1cccc(C)c1Nc1nccc(C(=O)NCCc2ccccc2F)n1. The molecule has 0 atom stereocenters. The highest BCUT2D eigenvalue weighted by atomic mass is 19.1. The summed E-state index contributed by atoms with van der Waals surface area (Å²) in [6.07, 6.45) is 2.84. The summed E-state index contributed by atoms with van der Waals surface area (Å²) in [5.74, 6) is -0.219. The highest BCUT2D eigenvalue weighted by Crippen LogP contribution is 2.23. The van der Waals surface area contributed by atoms with E-state index in [9.17, 15) is 9.18 Å². The van der Waals surface area contributed by atoms with Crippen LogP contribution in [0.1, 0.15) is 34.1 Å². The number of para-hydroxylation sites is 1. The first kappa shape index (κ1) is 19.5. The van der Waals surface area contributed by atoms with Crippen molar-refractivity contribution in [1.29, 1.82) is 0 Å². The summed E-state index contributed by atoms with van der Waals surface area (Å²) in [7, 11) is 0. The third-order valence-corrected chi connectivity index (χ3v) is 4.50. The average molecular weight is 378 g/mol. The minimum Gasteiger partial charge on any atom is -0.350 e. The molecular weight excluding hydrogens is 355 g/mol. The summed E-state index contributed by atoms with van der Waals surface area (Å²) < 4.78 is 13.6. The molecule has 0 fully saturated rings. The first-order valence-electron chi connectivity index (χ1n) is 9.28. The summed E-state index contributed by atoms with van der Waals surface area (Å²) >= 11 is 0. The second-order valence-electron chi connectivity index (χ2n) is 6.45. The number of carbonyl (C=O) groups excluding carboxylic acids is 1. The molecule has 28 heavy (non-hydrogen) atoms. The molecule has 6 heteroatoms. The number of nitrogens with one attached hydrogen (secondary N) is 2. The molecule has 0 spiro atoms. The van der Waals surface area contributed by atoms with Gasteiger partial charge in [-0.1, -0.05) is 43.3 Å². The fourth-order valence-electron chi connectivity index (χ4n) is 2.96. The lowest BCUT2D eigenvalue weighted by atomic mass is 10.1. The number of nitrogens with zero attached hydrogens (tertiary/aromatic N) is 2. The van der Waals surface area contributed by atoms with Gasteiger partial charge in [-0.3, -0.25) is 4.79 Å². The topological polar surface area (TPSA) is 66.9 Å². The van der Waals surface area contributed by atoms with E-state index in [0.717, 1.165) is 23.2 Å². The number of benzene rings is 2. The van der Waals surface area contributed by atoms with E-state index >= 15 is 0 Å². The summed E-state index contributed by atoms with van der Waals surface area (Å²) in [6, 6.07) is 14.2. The van der Waals surface area contributed by atoms with Crippen LogP contribution in [0, 0.1) is 12.7 Å². The van der Waals surface area contributed by atoms with E-state index in [1.165, 1.54) is 6.07 Å². The number of aryl methyl sites for hydroxylation is 2. The van der Waals surface area contributed by atoms with E-state index in [1.54, 1.807) is 30.5 Å². The van der Waals surface area contributed by atoms with E-state index in [1.807, 2.05) is 19.1 Å². The molecule has 0 aliphatic heterocycles. The maximum Gasteiger partial charge on any atom is 0.270 e. The number of aromatic nitrogens is 2. The molecule has 0 saturated carbocycles. The second kappa shape index (κ2) is 9.08. The number of carbonyl (C=O) groups is 1. The molecule has 0 radical (unpaired) electrons. The highest BCUT2D eigenvalue weighted by Gasteiger charge is 2.11. The Morgan fingerprint density at radius 1 is 1.07 bits per heavy atom. The second-order valence-corrected chi connectivity index (χ2v) is 6.45. The molecule has 0 aliphatic carbocycles. The van der Waals surface area contributed by atoms with Gasteiger partial charge in [-0.25, -0.2) is 14.4 Å². The van der Waals surface area contributed by atoms with Crippen molar-refractivity contribution in [3.05, 3.63) is 82.9 Å². The predicted octanol–water partition coefficient (Wildman–Crippen LogP) is 4.20. The fraction of sp³-hybridized carbons (Fsp3) is 0.227. The minimum atomic E-state index is -0.317. The van der Waals surface area contributed by atoms with Crippen molar-refractivity contribution in [2.45, 2.75) is 26.7 Å². The van der Waals surface area contributed by atoms with Crippen molar-refractivity contribution >= 4 is 17.5 Å². The first-order valence-corrected chi connectivity index (χ1v) is 9.28. The van der Waals surface area contributed by atoms with Crippen LogP contribution in [0.3, 0.4) is 0 Å². The van der Waals surface area contributed by atoms with Gasteiger partial charge in [0.2, 0.25) is 5.95 Å². The molecule has 2 N–H and O–H groups in total. The largest absolute Gasteiger partial charge is 0.350 e. The van der Waals surface area contributed by atoms with Crippen LogP contribution in [0.2, 0.25) is 0 Å². The molecule has 0 aliphatic rings. The Labute approximate surface area is 164 Å². The molecule has 5 nitrogen and oxygen atoms in total. The Morgan fingerprint density at radius 3 is 2.64 bits per heavy atom. The summed E-state index contributed by atoms with van der Waals surface area (Å²) in [6.45, 7) is 4.42. The third kappa shape index (κ3) is 4.71. The number of anilines is 2. The van der Waals surface area contributed by atoms with Crippen molar-refractivity contribution in [3.63, 3.8) is 0 Å². The molecule has 0 saturated heterocycles. The average Bonchev–Trinajstić information content (AvgIpc) is 2.71. The maximum absolute atomic E-state index is 13.6. The monoisotopic (exact) mass is 378 g/mol. The zero-order valence-electron chi connectivity index (χ0n) is 16.0. The maximum atomic E-state index is 13.6. The van der Waals surface area contributed by atoms with Gasteiger partial charge in [0.1, 0.15) is 11.5 Å². The molecule has 0 unspecified atom stereocenters. The van der Waals surface area contributed by atoms with Crippen LogP contribution in [0.25, 0.3) is 0 Å². The molecular formula is C22H23FN4O. The predicted molar refractivity (Wildman–Crippen MR) is 108 cm³/mol. The van der Waals surface area contributed by atoms with E-state index in [0.29, 0.717) is 24.5 Å². The van der Waals surface area contributed by atoms with Gasteiger partial charge in [0, 0.05) is 18.4 Å². The van der Waals surface area contributed by atoms with Crippen molar-refractivity contribution in [2.75, 3.05) is 11.9 Å². The summed E-state index contributed by atoms with van der Waals surface area (Å²) in [4.78, 5) is 20.9. The number of rotatable bonds is 7. The lowest BCUT2D eigenvalue weighted by molar-refractivity contribution is 0.0949. The van der Waals surface area contributed by atoms with E-state index in [-0.39, 0.29) is 17.4 Å². The zero-order valence-corrected chi connectivity index (χ0v) is 16.0. The lowest BCUT2D eigenvalue weighted by Crippen LogP contribution is -2.27. The van der Waals surface area contributed by atoms with Gasteiger partial charge in [0.05, 0.1) is 0 Å². The van der Waals surface area contributed by atoms with Crippen LogP contribution in [0.5, 0.6) is 0 Å². The fourth-order valence-corrected chi connectivity index (χ4v) is 2.96. The summed E-state index contributed by atoms with van der Waals surface area (Å²) in [5.41, 5.74) is 4.03. The Hall–Kier alpha value is -3.28. The quantitative estimate of drug-likeness (QED) is 0.647. The first-order chi connectivity index (χ1) is 13.6. The van der Waals surface area contributed by atoms with E-state index < -0.39 is 0 Å². The molecule has 2 aromatic carbocycles. The third-order valence-electron chi connectivity index (χ3n) is 4.50. The Balaban J connectivity index is 1.66. The Morgan fingerprint density at radius 2 is 1.86 bits per heavy atom. The number of hydrogen-bond donors (Lipinski definition) is 2. The van der Waals surface area contributed by atoms with Gasteiger partial charge in [-0.05, 0) is 48.6 Å². The number of hydrogen-bond acceptors (Lipinski definition) is 4. The smallest absolute Gasteiger partial charge is 0.270 e. The van der Waals surface area contributed by atoms with Gasteiger partial charge in [-0.2, -0.15) is 0 Å². The van der Waals surface area contributed by atoms with Gasteiger partial charge < -0.3 is 10.6 Å². The molecule has 1 heterocycles. The van der Waals surface area contributed by atoms with E-state index in [2.05, 4.69) is 33.6 Å². The molecule has 144 valence electrons. The van der Waals surface area contributed by atoms with Crippen LogP contribution in [0.4, 0.5) is 16.0 Å². The van der Waals surface area contributed by atoms with Gasteiger partial charge in [0.15, 0.2) is 0 Å². The standard InChI is InChI=1S/C22H23FN4O/c1-3-16-9-6-7-15(2)20(16)27-22-25-14-12-19(26-22)21(28)24-13-11-17-8-4-5-10-18(17)23/h4-10,12,14H,3,11,13H2,1-2H3,(H,24,28)(H,25,26,27). The lowest BCUT2D eigenvalue weighted by Gasteiger charge is -2.13. The van der Waals surface area contributed by atoms with E-state index in [4.69, 9.17) is 0 Å². The van der Waals surface area contributed by atoms with Gasteiger partial charge in [-0.15, -0.1) is 0 Å². The van der Waals surface area contributed by atoms with Crippen LogP contribution in [-0.2, 0) is 12.8 Å². The van der Waals surface area contributed by atoms with Crippen LogP contribution in [0.15, 0.2) is 54.7 Å². The van der Waals surface area contributed by atoms with Crippen molar-refractivity contribution in [1.82, 2.24) is 15.3 Å². The van der Waals surface area contributed by atoms with Crippen molar-refractivity contribution in [3.8, 4) is 0 Å². The van der Waals surface area contributed by atoms with Crippen LogP contribution >= 0.6 is 0 Å². The zero-order chi connectivity index (χ0) is 19.9. The molecule has 0 bridgehead atoms. The molecule has 1 aromatic heterocycles. The summed E-state index contributed by atoms with van der Waals surface area (Å²) in [5, 5.41) is 6.00. The highest BCUT2D eigenvalue weighted by molar-refractivity contribution is 5.92. The normalized spacial score (nSPS) is 10.5. The minimum absolute atomic E-state index is 0.262. The van der Waals surface area contributed by atoms with Crippen molar-refractivity contribution < 1.29 is 9.18 Å². The van der Waals surface area contributed by atoms with Gasteiger partial charge in [0.25, 0.3) is 5.91 Å². The Kier molecular flexibility index (Phi) is 6.32.